The molecule has 1 atom stereocenters. The minimum atomic E-state index is -0.319. The molecule has 26 heavy (non-hydrogen) atoms. The molecule has 0 aromatic heterocycles. The number of nitrogens with one attached hydrogen (secondary N) is 1. The highest BCUT2D eigenvalue weighted by molar-refractivity contribution is 6.30. The van der Waals surface area contributed by atoms with E-state index in [4.69, 9.17) is 11.6 Å². The van der Waals surface area contributed by atoms with Crippen LogP contribution in [0.25, 0.3) is 11.1 Å². The molecular formula is C21H22ClFN2O. The van der Waals surface area contributed by atoms with Gasteiger partial charge in [0, 0.05) is 41.2 Å². The van der Waals surface area contributed by atoms with Crippen LogP contribution in [0.1, 0.15) is 29.6 Å². The minimum absolute atomic E-state index is 0.0640. The number of likely N-dealkylation sites (tertiary alicyclic amines) is 1. The summed E-state index contributed by atoms with van der Waals surface area (Å²) < 4.78 is 14.0. The number of halogens is 2. The second-order valence-electron chi connectivity index (χ2n) is 7.46. The predicted molar refractivity (Wildman–Crippen MR) is 102 cm³/mol. The topological polar surface area (TPSA) is 32.3 Å². The van der Waals surface area contributed by atoms with E-state index in [0.29, 0.717) is 16.1 Å². The van der Waals surface area contributed by atoms with E-state index in [1.54, 1.807) is 30.3 Å². The number of carbonyl (C=O) groups is 1. The normalized spacial score (nSPS) is 22.8. The van der Waals surface area contributed by atoms with Crippen LogP contribution in [0, 0.1) is 11.2 Å². The van der Waals surface area contributed by atoms with Crippen LogP contribution in [0.4, 0.5) is 4.39 Å². The lowest BCUT2D eigenvalue weighted by molar-refractivity contribution is 0.0553. The fraction of sp³-hybridized carbons (Fsp3) is 0.381. The van der Waals surface area contributed by atoms with Crippen molar-refractivity contribution < 1.29 is 9.18 Å². The van der Waals surface area contributed by atoms with Crippen molar-refractivity contribution >= 4 is 17.5 Å². The highest BCUT2D eigenvalue weighted by atomic mass is 35.5. The third-order valence-corrected chi connectivity index (χ3v) is 5.89. The Morgan fingerprint density at radius 1 is 1.15 bits per heavy atom. The van der Waals surface area contributed by atoms with Gasteiger partial charge in [-0.15, -0.1) is 0 Å². The molecule has 136 valence electrons. The molecule has 4 rings (SSSR count). The van der Waals surface area contributed by atoms with Gasteiger partial charge in [-0.25, -0.2) is 4.39 Å². The van der Waals surface area contributed by atoms with Crippen LogP contribution < -0.4 is 5.32 Å². The molecule has 0 bridgehead atoms. The Morgan fingerprint density at radius 2 is 1.96 bits per heavy atom. The van der Waals surface area contributed by atoms with Crippen molar-refractivity contribution in [1.29, 1.82) is 0 Å². The third kappa shape index (κ3) is 3.36. The van der Waals surface area contributed by atoms with Crippen molar-refractivity contribution in [3.63, 3.8) is 0 Å². The van der Waals surface area contributed by atoms with Gasteiger partial charge in [-0.2, -0.15) is 0 Å². The first-order chi connectivity index (χ1) is 12.6. The van der Waals surface area contributed by atoms with Crippen LogP contribution in [0.15, 0.2) is 42.5 Å². The SMILES string of the molecule is O=C(c1ccc(-c2cc(Cl)ccc2F)cc1)N1CCCC2(CCNC2)C1. The number of piperidine rings is 1. The van der Waals surface area contributed by atoms with Crippen molar-refractivity contribution in [3.8, 4) is 11.1 Å². The molecule has 3 nitrogen and oxygen atoms in total. The van der Waals surface area contributed by atoms with Crippen LogP contribution in [0.2, 0.25) is 5.02 Å². The van der Waals surface area contributed by atoms with Gasteiger partial charge in [-0.05, 0) is 61.7 Å². The number of hydrogen-bond donors (Lipinski definition) is 1. The molecule has 0 saturated carbocycles. The van der Waals surface area contributed by atoms with E-state index < -0.39 is 0 Å². The van der Waals surface area contributed by atoms with Gasteiger partial charge in [-0.3, -0.25) is 4.79 Å². The van der Waals surface area contributed by atoms with Crippen LogP contribution in [0.5, 0.6) is 0 Å². The quantitative estimate of drug-likeness (QED) is 0.849. The number of rotatable bonds is 2. The second kappa shape index (κ2) is 7.01. The molecule has 0 aliphatic carbocycles. The summed E-state index contributed by atoms with van der Waals surface area (Å²) in [6.45, 7) is 3.68. The van der Waals surface area contributed by atoms with Crippen LogP contribution in [-0.2, 0) is 0 Å². The monoisotopic (exact) mass is 372 g/mol. The number of benzene rings is 2. The predicted octanol–water partition coefficient (Wildman–Crippen LogP) is 4.36. The van der Waals surface area contributed by atoms with E-state index in [9.17, 15) is 9.18 Å². The van der Waals surface area contributed by atoms with Gasteiger partial charge in [-0.1, -0.05) is 23.7 Å². The summed E-state index contributed by atoms with van der Waals surface area (Å²) in [4.78, 5) is 14.9. The van der Waals surface area contributed by atoms with Gasteiger partial charge in [0.25, 0.3) is 5.91 Å². The first-order valence-electron chi connectivity index (χ1n) is 9.12. The fourth-order valence-corrected chi connectivity index (χ4v) is 4.39. The summed E-state index contributed by atoms with van der Waals surface area (Å²) in [5.41, 5.74) is 2.07. The third-order valence-electron chi connectivity index (χ3n) is 5.65. The van der Waals surface area contributed by atoms with Gasteiger partial charge >= 0.3 is 0 Å². The molecule has 2 fully saturated rings. The van der Waals surface area contributed by atoms with Gasteiger partial charge in [0.1, 0.15) is 5.82 Å². The second-order valence-corrected chi connectivity index (χ2v) is 7.89. The number of hydrogen-bond acceptors (Lipinski definition) is 2. The maximum Gasteiger partial charge on any atom is 0.253 e. The highest BCUT2D eigenvalue weighted by Gasteiger charge is 2.39. The summed E-state index contributed by atoms with van der Waals surface area (Å²) in [5, 5.41) is 3.92. The molecule has 1 amide bonds. The zero-order valence-electron chi connectivity index (χ0n) is 14.6. The number of carbonyl (C=O) groups excluding carboxylic acids is 1. The van der Waals surface area contributed by atoms with Crippen molar-refractivity contribution in [2.75, 3.05) is 26.2 Å². The molecule has 1 N–H and O–H groups in total. The Hall–Kier alpha value is -1.91. The average Bonchev–Trinajstić information content (AvgIpc) is 3.11. The van der Waals surface area contributed by atoms with E-state index in [2.05, 4.69) is 5.32 Å². The standard InChI is InChI=1S/C21H22ClFN2O/c22-17-6-7-19(23)18(12-17)15-2-4-16(5-3-15)20(26)25-11-1-8-21(14-25)9-10-24-13-21/h2-7,12,24H,1,8-11,13-14H2. The Bertz CT molecular complexity index is 815. The van der Waals surface area contributed by atoms with Crippen molar-refractivity contribution in [2.24, 2.45) is 5.41 Å². The van der Waals surface area contributed by atoms with Crippen molar-refractivity contribution in [2.45, 2.75) is 19.3 Å². The van der Waals surface area contributed by atoms with E-state index in [-0.39, 0.29) is 17.1 Å². The number of nitrogens with zero attached hydrogens (tertiary/aromatic N) is 1. The fourth-order valence-electron chi connectivity index (χ4n) is 4.22. The maximum absolute atomic E-state index is 14.0. The Morgan fingerprint density at radius 3 is 2.69 bits per heavy atom. The van der Waals surface area contributed by atoms with Crippen LogP contribution in [0.3, 0.4) is 0 Å². The summed E-state index contributed by atoms with van der Waals surface area (Å²) >= 11 is 5.98. The first kappa shape index (κ1) is 17.5. The molecule has 0 radical (unpaired) electrons. The molecular weight excluding hydrogens is 351 g/mol. The van der Waals surface area contributed by atoms with Gasteiger partial charge in [0.15, 0.2) is 0 Å². The molecule has 1 spiro atoms. The Balaban J connectivity index is 1.53. The summed E-state index contributed by atoms with van der Waals surface area (Å²) in [5.74, 6) is -0.255. The Kier molecular flexibility index (Phi) is 4.72. The van der Waals surface area contributed by atoms with Crippen molar-refractivity contribution in [1.82, 2.24) is 10.2 Å². The lowest BCUT2D eigenvalue weighted by atomic mass is 9.79. The Labute approximate surface area is 158 Å². The largest absolute Gasteiger partial charge is 0.338 e. The molecule has 2 heterocycles. The molecule has 2 aromatic rings. The minimum Gasteiger partial charge on any atom is -0.338 e. The van der Waals surface area contributed by atoms with Crippen LogP contribution >= 0.6 is 11.6 Å². The van der Waals surface area contributed by atoms with E-state index >= 15 is 0 Å². The maximum atomic E-state index is 14.0. The molecule has 2 aliphatic rings. The van der Waals surface area contributed by atoms with E-state index in [1.807, 2.05) is 4.90 Å². The average molecular weight is 373 g/mol. The molecule has 2 aromatic carbocycles. The lowest BCUT2D eigenvalue weighted by Gasteiger charge is -2.40. The zero-order chi connectivity index (χ0) is 18.1. The van der Waals surface area contributed by atoms with E-state index in [1.165, 1.54) is 18.6 Å². The van der Waals surface area contributed by atoms with Gasteiger partial charge in [0.2, 0.25) is 0 Å². The van der Waals surface area contributed by atoms with Crippen molar-refractivity contribution in [3.05, 3.63) is 58.9 Å². The van der Waals surface area contributed by atoms with Gasteiger partial charge in [0.05, 0.1) is 0 Å². The summed E-state index contributed by atoms with van der Waals surface area (Å²) in [7, 11) is 0. The molecule has 2 aliphatic heterocycles. The van der Waals surface area contributed by atoms with Crippen LogP contribution in [-0.4, -0.2) is 37.0 Å². The zero-order valence-corrected chi connectivity index (χ0v) is 15.4. The lowest BCUT2D eigenvalue weighted by Crippen LogP contribution is -2.47. The highest BCUT2D eigenvalue weighted by Crippen LogP contribution is 2.36. The molecule has 1 unspecified atom stereocenters. The molecule has 5 heteroatoms. The van der Waals surface area contributed by atoms with Gasteiger partial charge < -0.3 is 10.2 Å². The summed E-state index contributed by atoms with van der Waals surface area (Å²) in [6.07, 6.45) is 3.39. The number of amides is 1. The first-order valence-corrected chi connectivity index (χ1v) is 9.50. The summed E-state index contributed by atoms with van der Waals surface area (Å²) in [6, 6.07) is 11.6. The smallest absolute Gasteiger partial charge is 0.253 e. The van der Waals surface area contributed by atoms with E-state index in [0.717, 1.165) is 44.6 Å². The molecule has 2 saturated heterocycles.